The van der Waals surface area contributed by atoms with Crippen molar-refractivity contribution in [2.75, 3.05) is 0 Å². The van der Waals surface area contributed by atoms with Gasteiger partial charge in [0.15, 0.2) is 0 Å². The van der Waals surface area contributed by atoms with Gasteiger partial charge in [-0.3, -0.25) is 4.79 Å². The highest BCUT2D eigenvalue weighted by atomic mass is 19.4. The van der Waals surface area contributed by atoms with Crippen LogP contribution in [-0.2, 0) is 11.0 Å². The predicted molar refractivity (Wildman–Crippen MR) is 55.7 cm³/mol. The van der Waals surface area contributed by atoms with E-state index in [4.69, 9.17) is 0 Å². The maximum Gasteiger partial charge on any atom is 0.417 e. The van der Waals surface area contributed by atoms with Crippen LogP contribution in [-0.4, -0.2) is 6.29 Å². The fourth-order valence-corrected chi connectivity index (χ4v) is 1.32. The molecule has 0 radical (unpaired) electrons. The van der Waals surface area contributed by atoms with Gasteiger partial charge in [-0.25, -0.2) is 4.39 Å². The molecule has 17 heavy (non-hydrogen) atoms. The van der Waals surface area contributed by atoms with Crippen molar-refractivity contribution < 1.29 is 22.4 Å². The maximum atomic E-state index is 12.8. The van der Waals surface area contributed by atoms with Crippen LogP contribution in [0.5, 0.6) is 0 Å². The molecule has 1 nitrogen and oxygen atoms in total. The summed E-state index contributed by atoms with van der Waals surface area (Å²) in [6.45, 7) is 1.65. The third-order valence-electron chi connectivity index (χ3n) is 2.22. The zero-order chi connectivity index (χ0) is 13.1. The number of carbonyl (C=O) groups excluding carboxylic acids is 1. The second-order valence-electron chi connectivity index (χ2n) is 3.42. The molecule has 0 saturated heterocycles. The second kappa shape index (κ2) is 5.12. The summed E-state index contributed by atoms with van der Waals surface area (Å²) in [7, 11) is 0. The van der Waals surface area contributed by atoms with Gasteiger partial charge in [0.1, 0.15) is 12.1 Å². The minimum atomic E-state index is -4.64. The number of alkyl halides is 3. The fourth-order valence-electron chi connectivity index (χ4n) is 1.32. The van der Waals surface area contributed by atoms with Crippen LogP contribution in [0.1, 0.15) is 24.5 Å². The normalized spacial score (nSPS) is 12.6. The van der Waals surface area contributed by atoms with E-state index in [2.05, 4.69) is 0 Å². The van der Waals surface area contributed by atoms with Gasteiger partial charge in [0, 0.05) is 0 Å². The molecular weight excluding hydrogens is 236 g/mol. The lowest BCUT2D eigenvalue weighted by Gasteiger charge is -2.10. The first kappa shape index (κ1) is 13.4. The van der Waals surface area contributed by atoms with Crippen molar-refractivity contribution >= 4 is 12.4 Å². The van der Waals surface area contributed by atoms with Gasteiger partial charge >= 0.3 is 6.18 Å². The monoisotopic (exact) mass is 246 g/mol. The predicted octanol–water partition coefficient (Wildman–Crippen LogP) is 3.84. The van der Waals surface area contributed by atoms with Crippen LogP contribution >= 0.6 is 0 Å². The summed E-state index contributed by atoms with van der Waals surface area (Å²) in [6.07, 6.45) is -2.72. The second-order valence-corrected chi connectivity index (χ2v) is 3.42. The minimum Gasteiger partial charge on any atom is -0.298 e. The molecule has 5 heteroatoms. The van der Waals surface area contributed by atoms with Gasteiger partial charge in [0.05, 0.1) is 5.56 Å². The zero-order valence-electron chi connectivity index (χ0n) is 9.01. The van der Waals surface area contributed by atoms with E-state index in [0.717, 1.165) is 18.2 Å². The lowest BCUT2D eigenvalue weighted by molar-refractivity contribution is -0.137. The molecule has 0 saturated carbocycles. The van der Waals surface area contributed by atoms with Crippen LogP contribution in [0.4, 0.5) is 17.6 Å². The summed E-state index contributed by atoms with van der Waals surface area (Å²) >= 11 is 0. The van der Waals surface area contributed by atoms with Crippen molar-refractivity contribution in [2.24, 2.45) is 0 Å². The molecule has 0 N–H and O–H groups in total. The number of carbonyl (C=O) groups is 1. The van der Waals surface area contributed by atoms with E-state index < -0.39 is 17.6 Å². The zero-order valence-corrected chi connectivity index (χ0v) is 9.01. The number of benzene rings is 1. The Labute approximate surface area is 95.8 Å². The molecule has 0 aliphatic carbocycles. The first-order valence-corrected chi connectivity index (χ1v) is 4.91. The summed E-state index contributed by atoms with van der Waals surface area (Å²) in [6, 6.07) is 2.36. The van der Waals surface area contributed by atoms with Crippen LogP contribution in [0.15, 0.2) is 23.8 Å². The summed E-state index contributed by atoms with van der Waals surface area (Å²) in [5, 5.41) is 0. The molecule has 0 heterocycles. The van der Waals surface area contributed by atoms with E-state index in [9.17, 15) is 22.4 Å². The van der Waals surface area contributed by atoms with Crippen LogP contribution in [0.25, 0.3) is 6.08 Å². The Morgan fingerprint density at radius 1 is 1.35 bits per heavy atom. The molecule has 1 aromatic carbocycles. The SMILES string of the molecule is CC/C(C=O)=C/c1ccc(F)cc1C(F)(F)F. The molecule has 0 atom stereocenters. The van der Waals surface area contributed by atoms with Crippen LogP contribution in [0, 0.1) is 5.82 Å². The Morgan fingerprint density at radius 2 is 2.00 bits per heavy atom. The average Bonchev–Trinajstić information content (AvgIpc) is 2.26. The van der Waals surface area contributed by atoms with Gasteiger partial charge in [0.25, 0.3) is 0 Å². The van der Waals surface area contributed by atoms with Gasteiger partial charge in [-0.1, -0.05) is 13.0 Å². The highest BCUT2D eigenvalue weighted by Crippen LogP contribution is 2.33. The van der Waals surface area contributed by atoms with Gasteiger partial charge < -0.3 is 0 Å². The van der Waals surface area contributed by atoms with Crippen molar-refractivity contribution in [1.82, 2.24) is 0 Å². The minimum absolute atomic E-state index is 0.206. The van der Waals surface area contributed by atoms with Gasteiger partial charge in [0.2, 0.25) is 0 Å². The van der Waals surface area contributed by atoms with Crippen LogP contribution < -0.4 is 0 Å². The van der Waals surface area contributed by atoms with Crippen LogP contribution in [0.3, 0.4) is 0 Å². The van der Waals surface area contributed by atoms with E-state index in [-0.39, 0.29) is 11.1 Å². The van der Waals surface area contributed by atoms with E-state index in [1.54, 1.807) is 6.92 Å². The van der Waals surface area contributed by atoms with E-state index >= 15 is 0 Å². The molecule has 0 spiro atoms. The quantitative estimate of drug-likeness (QED) is 0.450. The summed E-state index contributed by atoms with van der Waals surface area (Å²) in [4.78, 5) is 10.5. The van der Waals surface area contributed by atoms with Crippen molar-refractivity contribution in [2.45, 2.75) is 19.5 Å². The molecular formula is C12H10F4O. The largest absolute Gasteiger partial charge is 0.417 e. The summed E-state index contributed by atoms with van der Waals surface area (Å²) < 4.78 is 50.6. The Balaban J connectivity index is 3.34. The highest BCUT2D eigenvalue weighted by Gasteiger charge is 2.33. The van der Waals surface area contributed by atoms with Gasteiger partial charge in [-0.15, -0.1) is 0 Å². The smallest absolute Gasteiger partial charge is 0.298 e. The Kier molecular flexibility index (Phi) is 4.04. The Bertz CT molecular complexity index is 446. The summed E-state index contributed by atoms with van der Waals surface area (Å²) in [5.41, 5.74) is -1.06. The lowest BCUT2D eigenvalue weighted by atomic mass is 10.0. The number of halogens is 4. The van der Waals surface area contributed by atoms with Crippen molar-refractivity contribution in [3.8, 4) is 0 Å². The number of hydrogen-bond acceptors (Lipinski definition) is 1. The number of aldehydes is 1. The average molecular weight is 246 g/mol. The highest BCUT2D eigenvalue weighted by molar-refractivity contribution is 5.82. The number of hydrogen-bond donors (Lipinski definition) is 0. The molecule has 0 amide bonds. The molecule has 0 aromatic heterocycles. The first-order valence-electron chi connectivity index (χ1n) is 4.91. The fraction of sp³-hybridized carbons (Fsp3) is 0.250. The number of rotatable bonds is 3. The summed E-state index contributed by atoms with van der Waals surface area (Å²) in [5.74, 6) is -0.960. The van der Waals surface area contributed by atoms with E-state index in [0.29, 0.717) is 18.8 Å². The molecule has 0 fully saturated rings. The third-order valence-corrected chi connectivity index (χ3v) is 2.22. The van der Waals surface area contributed by atoms with Gasteiger partial charge in [-0.2, -0.15) is 13.2 Å². The van der Waals surface area contributed by atoms with Gasteiger partial charge in [-0.05, 0) is 35.8 Å². The Hall–Kier alpha value is -1.65. The van der Waals surface area contributed by atoms with Crippen molar-refractivity contribution in [3.63, 3.8) is 0 Å². The maximum absolute atomic E-state index is 12.8. The number of allylic oxidation sites excluding steroid dienone is 1. The standard InChI is InChI=1S/C12H10F4O/c1-2-8(7-17)5-9-3-4-10(13)6-11(9)12(14,15)16/h3-7H,2H2,1H3/b8-5-. The molecule has 1 aromatic rings. The topological polar surface area (TPSA) is 17.1 Å². The van der Waals surface area contributed by atoms with Crippen molar-refractivity contribution in [1.29, 1.82) is 0 Å². The van der Waals surface area contributed by atoms with Crippen molar-refractivity contribution in [3.05, 3.63) is 40.7 Å². The third kappa shape index (κ3) is 3.41. The Morgan fingerprint density at radius 3 is 2.47 bits per heavy atom. The molecule has 0 unspecified atom stereocenters. The molecule has 92 valence electrons. The first-order chi connectivity index (χ1) is 7.88. The molecule has 0 aliphatic rings. The molecule has 0 aliphatic heterocycles. The lowest BCUT2D eigenvalue weighted by Crippen LogP contribution is -2.08. The molecule has 0 bridgehead atoms. The van der Waals surface area contributed by atoms with E-state index in [1.165, 1.54) is 0 Å². The van der Waals surface area contributed by atoms with Crippen LogP contribution in [0.2, 0.25) is 0 Å². The molecule has 1 rings (SSSR count). The van der Waals surface area contributed by atoms with E-state index in [1.807, 2.05) is 0 Å².